The molecule has 3 aliphatic heterocycles. The van der Waals surface area contributed by atoms with Gasteiger partial charge < -0.3 is 9.47 Å². The number of rotatable bonds is 3. The Balaban J connectivity index is 1.48. The Morgan fingerprint density at radius 2 is 2.14 bits per heavy atom. The van der Waals surface area contributed by atoms with Crippen molar-refractivity contribution in [2.24, 2.45) is 5.92 Å². The highest BCUT2D eigenvalue weighted by Gasteiger charge is 2.31. The number of nitrogens with one attached hydrogen (secondary N) is 2. The van der Waals surface area contributed by atoms with E-state index in [4.69, 9.17) is 14.3 Å². The number of fused-ring (bicyclic) bond motifs is 1. The molecule has 0 saturated carbocycles. The average Bonchev–Trinajstić information content (AvgIpc) is 3.16. The summed E-state index contributed by atoms with van der Waals surface area (Å²) in [5, 5.41) is 2.11. The fourth-order valence-electron chi connectivity index (χ4n) is 3.22. The molecule has 0 aliphatic carbocycles. The number of hydroxylamine groups is 2. The molecule has 0 radical (unpaired) electrons. The summed E-state index contributed by atoms with van der Waals surface area (Å²) >= 11 is 0. The molecule has 1 aromatic rings. The van der Waals surface area contributed by atoms with Crippen LogP contribution in [-0.4, -0.2) is 38.1 Å². The van der Waals surface area contributed by atoms with E-state index in [1.807, 2.05) is 6.07 Å². The first-order chi connectivity index (χ1) is 10.4. The molecular weight excluding hydrogens is 270 g/mol. The lowest BCUT2D eigenvalue weighted by Gasteiger charge is -2.30. The summed E-state index contributed by atoms with van der Waals surface area (Å²) in [4.78, 5) is 5.73. The van der Waals surface area contributed by atoms with E-state index in [0.29, 0.717) is 12.7 Å². The first-order valence-corrected chi connectivity index (χ1v) is 7.66. The van der Waals surface area contributed by atoms with E-state index >= 15 is 0 Å². The van der Waals surface area contributed by atoms with Gasteiger partial charge in [0.15, 0.2) is 11.5 Å². The molecule has 2 N–H and O–H groups in total. The van der Waals surface area contributed by atoms with Gasteiger partial charge in [0.1, 0.15) is 0 Å². The Morgan fingerprint density at radius 1 is 1.19 bits per heavy atom. The van der Waals surface area contributed by atoms with Crippen LogP contribution in [0.15, 0.2) is 18.2 Å². The van der Waals surface area contributed by atoms with Crippen molar-refractivity contribution < 1.29 is 14.3 Å². The van der Waals surface area contributed by atoms with Gasteiger partial charge in [0, 0.05) is 25.6 Å². The van der Waals surface area contributed by atoms with Crippen molar-refractivity contribution in [3.8, 4) is 11.5 Å². The molecule has 114 valence electrons. The third-order valence-corrected chi connectivity index (χ3v) is 4.36. The molecule has 2 saturated heterocycles. The normalized spacial score (nSPS) is 29.0. The highest BCUT2D eigenvalue weighted by atomic mass is 16.7. The van der Waals surface area contributed by atoms with Gasteiger partial charge in [0.25, 0.3) is 0 Å². The van der Waals surface area contributed by atoms with Crippen LogP contribution in [0.3, 0.4) is 0 Å². The fourth-order valence-corrected chi connectivity index (χ4v) is 3.22. The lowest BCUT2D eigenvalue weighted by atomic mass is 9.94. The number of hydrazine groups is 1. The molecule has 1 aromatic carbocycles. The second-order valence-corrected chi connectivity index (χ2v) is 5.80. The Bertz CT molecular complexity index is 505. The summed E-state index contributed by atoms with van der Waals surface area (Å²) < 4.78 is 10.9. The van der Waals surface area contributed by atoms with Gasteiger partial charge in [-0.15, -0.1) is 0 Å². The highest BCUT2D eigenvalue weighted by molar-refractivity contribution is 5.45. The van der Waals surface area contributed by atoms with Crippen LogP contribution in [0.2, 0.25) is 0 Å². The van der Waals surface area contributed by atoms with E-state index in [0.717, 1.165) is 37.7 Å². The first kappa shape index (κ1) is 13.3. The van der Waals surface area contributed by atoms with Gasteiger partial charge in [-0.1, -0.05) is 6.07 Å². The monoisotopic (exact) mass is 291 g/mol. The minimum atomic E-state index is 0.269. The minimum absolute atomic E-state index is 0.269. The Hall–Kier alpha value is -1.34. The quantitative estimate of drug-likeness (QED) is 0.873. The third kappa shape index (κ3) is 2.72. The van der Waals surface area contributed by atoms with Crippen LogP contribution in [0.1, 0.15) is 24.4 Å². The summed E-state index contributed by atoms with van der Waals surface area (Å²) in [5.74, 6) is 2.15. The second-order valence-electron chi connectivity index (χ2n) is 5.80. The van der Waals surface area contributed by atoms with Gasteiger partial charge in [-0.2, -0.15) is 5.06 Å². The number of hydrogen-bond donors (Lipinski definition) is 2. The molecular formula is C15H21N3O3. The molecule has 0 aromatic heterocycles. The molecule has 6 heteroatoms. The van der Waals surface area contributed by atoms with Crippen molar-refractivity contribution in [3.63, 3.8) is 0 Å². The van der Waals surface area contributed by atoms with Crippen LogP contribution >= 0.6 is 0 Å². The standard InChI is InChI=1S/C15H21N3O3/c1-2-6-21-18(5-1)9-12-8-16-17-15(12)11-3-4-13-14(7-11)20-10-19-13/h3-4,7,12,15-17H,1-2,5-6,8-10H2. The number of ether oxygens (including phenoxy) is 2. The zero-order chi connectivity index (χ0) is 14.1. The molecule has 2 atom stereocenters. The van der Waals surface area contributed by atoms with Crippen LogP contribution in [0.5, 0.6) is 11.5 Å². The summed E-state index contributed by atoms with van der Waals surface area (Å²) in [6.07, 6.45) is 2.39. The topological polar surface area (TPSA) is 55.0 Å². The van der Waals surface area contributed by atoms with Crippen molar-refractivity contribution in [2.75, 3.05) is 33.0 Å². The van der Waals surface area contributed by atoms with Gasteiger partial charge in [0.2, 0.25) is 6.79 Å². The molecule has 0 spiro atoms. The van der Waals surface area contributed by atoms with Crippen LogP contribution in [0, 0.1) is 5.92 Å². The summed E-state index contributed by atoms with van der Waals surface area (Å²) in [6, 6.07) is 6.45. The third-order valence-electron chi connectivity index (χ3n) is 4.36. The lowest BCUT2D eigenvalue weighted by molar-refractivity contribution is -0.186. The Morgan fingerprint density at radius 3 is 3.05 bits per heavy atom. The summed E-state index contributed by atoms with van der Waals surface area (Å²) in [7, 11) is 0. The van der Waals surface area contributed by atoms with E-state index < -0.39 is 0 Å². The minimum Gasteiger partial charge on any atom is -0.454 e. The van der Waals surface area contributed by atoms with E-state index in [9.17, 15) is 0 Å². The summed E-state index contributed by atoms with van der Waals surface area (Å²) in [6.45, 7) is 4.09. The van der Waals surface area contributed by atoms with Crippen molar-refractivity contribution in [1.82, 2.24) is 15.9 Å². The summed E-state index contributed by atoms with van der Waals surface area (Å²) in [5.41, 5.74) is 7.88. The molecule has 2 unspecified atom stereocenters. The average molecular weight is 291 g/mol. The van der Waals surface area contributed by atoms with Gasteiger partial charge in [-0.3, -0.25) is 10.3 Å². The van der Waals surface area contributed by atoms with Crippen LogP contribution in [0.25, 0.3) is 0 Å². The number of benzene rings is 1. The van der Waals surface area contributed by atoms with Crippen molar-refractivity contribution in [2.45, 2.75) is 18.9 Å². The van der Waals surface area contributed by atoms with Crippen molar-refractivity contribution in [3.05, 3.63) is 23.8 Å². The molecule has 4 rings (SSSR count). The number of nitrogens with zero attached hydrogens (tertiary/aromatic N) is 1. The molecule has 3 heterocycles. The van der Waals surface area contributed by atoms with E-state index in [-0.39, 0.29) is 6.04 Å². The second kappa shape index (κ2) is 5.81. The first-order valence-electron chi connectivity index (χ1n) is 7.66. The van der Waals surface area contributed by atoms with Crippen molar-refractivity contribution in [1.29, 1.82) is 0 Å². The van der Waals surface area contributed by atoms with Gasteiger partial charge in [-0.05, 0) is 30.5 Å². The molecule has 21 heavy (non-hydrogen) atoms. The fraction of sp³-hybridized carbons (Fsp3) is 0.600. The maximum absolute atomic E-state index is 5.73. The number of hydrogen-bond acceptors (Lipinski definition) is 6. The van der Waals surface area contributed by atoms with E-state index in [2.05, 4.69) is 28.0 Å². The molecule has 3 aliphatic rings. The largest absolute Gasteiger partial charge is 0.454 e. The molecule has 0 amide bonds. The smallest absolute Gasteiger partial charge is 0.231 e. The van der Waals surface area contributed by atoms with Crippen LogP contribution < -0.4 is 20.3 Å². The lowest BCUT2D eigenvalue weighted by Crippen LogP contribution is -2.36. The Labute approximate surface area is 124 Å². The predicted octanol–water partition coefficient (Wildman–Crippen LogP) is 1.21. The highest BCUT2D eigenvalue weighted by Crippen LogP contribution is 2.36. The zero-order valence-corrected chi connectivity index (χ0v) is 12.0. The zero-order valence-electron chi connectivity index (χ0n) is 12.0. The molecule has 2 fully saturated rings. The van der Waals surface area contributed by atoms with E-state index in [1.165, 1.54) is 18.4 Å². The predicted molar refractivity (Wildman–Crippen MR) is 76.7 cm³/mol. The molecule has 6 nitrogen and oxygen atoms in total. The maximum Gasteiger partial charge on any atom is 0.231 e. The maximum atomic E-state index is 5.73. The van der Waals surface area contributed by atoms with Gasteiger partial charge >= 0.3 is 0 Å². The van der Waals surface area contributed by atoms with Gasteiger partial charge in [0.05, 0.1) is 12.6 Å². The van der Waals surface area contributed by atoms with E-state index in [1.54, 1.807) is 0 Å². The molecule has 0 bridgehead atoms. The van der Waals surface area contributed by atoms with Crippen LogP contribution in [-0.2, 0) is 4.84 Å². The van der Waals surface area contributed by atoms with Crippen molar-refractivity contribution >= 4 is 0 Å². The SMILES string of the molecule is c1cc2c(cc1C1NNCC1CN1CCCCO1)OCO2. The van der Waals surface area contributed by atoms with Crippen LogP contribution in [0.4, 0.5) is 0 Å². The Kier molecular flexibility index (Phi) is 3.69. The van der Waals surface area contributed by atoms with Gasteiger partial charge in [-0.25, -0.2) is 5.43 Å².